The van der Waals surface area contributed by atoms with Gasteiger partial charge < -0.3 is 16.3 Å². The van der Waals surface area contributed by atoms with E-state index in [4.69, 9.17) is 10.9 Å². The maximum absolute atomic E-state index is 12.6. The van der Waals surface area contributed by atoms with Crippen LogP contribution in [0.25, 0.3) is 0 Å². The summed E-state index contributed by atoms with van der Waals surface area (Å²) in [5, 5.41) is 15.2. The first kappa shape index (κ1) is 15.8. The number of carbonyl (C=O) groups excluding carboxylic acids is 1. The molecule has 0 radical (unpaired) electrons. The molecular formula is C15H20BrN3O2. The van der Waals surface area contributed by atoms with Crippen LogP contribution in [0.15, 0.2) is 27.8 Å². The first-order chi connectivity index (χ1) is 9.98. The lowest BCUT2D eigenvalue weighted by Crippen LogP contribution is -2.58. The molecule has 1 aliphatic carbocycles. The van der Waals surface area contributed by atoms with Crippen LogP contribution >= 0.6 is 15.9 Å². The summed E-state index contributed by atoms with van der Waals surface area (Å²) >= 11 is 3.39. The zero-order chi connectivity index (χ0) is 15.5. The number of amidine groups is 1. The van der Waals surface area contributed by atoms with E-state index in [1.165, 1.54) is 0 Å². The molecule has 6 heteroatoms. The van der Waals surface area contributed by atoms with Gasteiger partial charge in [-0.1, -0.05) is 40.3 Å². The lowest BCUT2D eigenvalue weighted by atomic mass is 9.80. The molecule has 1 fully saturated rings. The van der Waals surface area contributed by atoms with Crippen molar-refractivity contribution in [3.63, 3.8) is 0 Å². The summed E-state index contributed by atoms with van der Waals surface area (Å²) in [5.41, 5.74) is 6.60. The number of nitrogens with two attached hydrogens (primary N) is 1. The van der Waals surface area contributed by atoms with Gasteiger partial charge in [0, 0.05) is 10.0 Å². The van der Waals surface area contributed by atoms with Gasteiger partial charge in [-0.05, 0) is 43.5 Å². The number of hydrogen-bond donors (Lipinski definition) is 3. The molecular weight excluding hydrogens is 334 g/mol. The molecule has 0 atom stereocenters. The van der Waals surface area contributed by atoms with Gasteiger partial charge in [-0.25, -0.2) is 0 Å². The Balaban J connectivity index is 2.26. The lowest BCUT2D eigenvalue weighted by molar-refractivity contribution is 0.0905. The number of carbonyl (C=O) groups is 1. The highest BCUT2D eigenvalue weighted by Gasteiger charge is 2.38. The molecule has 21 heavy (non-hydrogen) atoms. The summed E-state index contributed by atoms with van der Waals surface area (Å²) in [4.78, 5) is 12.6. The van der Waals surface area contributed by atoms with E-state index in [0.29, 0.717) is 18.4 Å². The number of nitrogens with zero attached hydrogens (tertiary/aromatic N) is 1. The molecule has 1 saturated carbocycles. The minimum Gasteiger partial charge on any atom is -0.409 e. The van der Waals surface area contributed by atoms with Crippen LogP contribution in [0.4, 0.5) is 0 Å². The molecule has 114 valence electrons. The zero-order valence-corrected chi connectivity index (χ0v) is 13.6. The Bertz CT molecular complexity index is 566. The Morgan fingerprint density at radius 2 is 2.05 bits per heavy atom. The summed E-state index contributed by atoms with van der Waals surface area (Å²) in [6.45, 7) is 1.89. The molecule has 0 saturated heterocycles. The van der Waals surface area contributed by atoms with Crippen molar-refractivity contribution in [1.29, 1.82) is 0 Å². The molecule has 1 aromatic rings. The molecule has 5 nitrogen and oxygen atoms in total. The Hall–Kier alpha value is -1.56. The third kappa shape index (κ3) is 3.37. The number of amides is 1. The average Bonchev–Trinajstić information content (AvgIpc) is 2.47. The first-order valence-electron chi connectivity index (χ1n) is 7.05. The molecule has 4 N–H and O–H groups in total. The van der Waals surface area contributed by atoms with Crippen molar-refractivity contribution in [2.75, 3.05) is 0 Å². The Morgan fingerprint density at radius 3 is 2.62 bits per heavy atom. The molecule has 1 aliphatic rings. The SMILES string of the molecule is Cc1cc(Br)ccc1C(=O)NC1(/C(N)=N/O)CCCCC1. The minimum absolute atomic E-state index is 0.0883. The third-order valence-electron chi connectivity index (χ3n) is 4.09. The van der Waals surface area contributed by atoms with E-state index >= 15 is 0 Å². The fourth-order valence-corrected chi connectivity index (χ4v) is 3.34. The number of hydrogen-bond acceptors (Lipinski definition) is 3. The van der Waals surface area contributed by atoms with E-state index < -0.39 is 5.54 Å². The predicted octanol–water partition coefficient (Wildman–Crippen LogP) is 2.94. The average molecular weight is 354 g/mol. The van der Waals surface area contributed by atoms with E-state index in [1.54, 1.807) is 6.07 Å². The largest absolute Gasteiger partial charge is 0.409 e. The minimum atomic E-state index is -0.733. The fraction of sp³-hybridized carbons (Fsp3) is 0.467. The number of benzene rings is 1. The lowest BCUT2D eigenvalue weighted by Gasteiger charge is -2.36. The van der Waals surface area contributed by atoms with Gasteiger partial charge in [0.2, 0.25) is 0 Å². The van der Waals surface area contributed by atoms with Crippen molar-refractivity contribution in [1.82, 2.24) is 5.32 Å². The molecule has 0 aromatic heterocycles. The summed E-state index contributed by atoms with van der Waals surface area (Å²) in [7, 11) is 0. The van der Waals surface area contributed by atoms with Crippen LogP contribution in [0.2, 0.25) is 0 Å². The molecule has 0 aliphatic heterocycles. The number of oxime groups is 1. The molecule has 1 aromatic carbocycles. The molecule has 2 rings (SSSR count). The van der Waals surface area contributed by atoms with Gasteiger partial charge in [-0.15, -0.1) is 0 Å². The molecule has 0 unspecified atom stereocenters. The molecule has 0 spiro atoms. The summed E-state index contributed by atoms with van der Waals surface area (Å²) in [6, 6.07) is 5.50. The van der Waals surface area contributed by atoms with E-state index in [1.807, 2.05) is 19.1 Å². The fourth-order valence-electron chi connectivity index (χ4n) is 2.86. The standard InChI is InChI=1S/C15H20BrN3O2/c1-10-9-11(16)5-6-12(10)13(20)18-15(14(17)19-21)7-3-2-4-8-15/h5-6,9,21H,2-4,7-8H2,1H3,(H2,17,19)(H,18,20). The predicted molar refractivity (Wildman–Crippen MR) is 85.6 cm³/mol. The number of aryl methyl sites for hydroxylation is 1. The van der Waals surface area contributed by atoms with E-state index in [0.717, 1.165) is 29.3 Å². The van der Waals surface area contributed by atoms with E-state index in [-0.39, 0.29) is 11.7 Å². The van der Waals surface area contributed by atoms with Crippen molar-refractivity contribution in [2.24, 2.45) is 10.9 Å². The second kappa shape index (κ2) is 6.47. The van der Waals surface area contributed by atoms with Crippen LogP contribution in [0.1, 0.15) is 48.0 Å². The van der Waals surface area contributed by atoms with E-state index in [2.05, 4.69) is 26.4 Å². The Morgan fingerprint density at radius 1 is 1.38 bits per heavy atom. The number of halogens is 1. The van der Waals surface area contributed by atoms with E-state index in [9.17, 15) is 4.79 Å². The van der Waals surface area contributed by atoms with Crippen LogP contribution in [0.3, 0.4) is 0 Å². The van der Waals surface area contributed by atoms with Crippen molar-refractivity contribution in [3.8, 4) is 0 Å². The maximum Gasteiger partial charge on any atom is 0.252 e. The first-order valence-corrected chi connectivity index (χ1v) is 7.84. The van der Waals surface area contributed by atoms with Gasteiger partial charge >= 0.3 is 0 Å². The van der Waals surface area contributed by atoms with Crippen LogP contribution in [0, 0.1) is 6.92 Å². The highest BCUT2D eigenvalue weighted by molar-refractivity contribution is 9.10. The number of nitrogens with one attached hydrogen (secondary N) is 1. The highest BCUT2D eigenvalue weighted by atomic mass is 79.9. The summed E-state index contributed by atoms with van der Waals surface area (Å²) < 4.78 is 0.931. The van der Waals surface area contributed by atoms with Crippen molar-refractivity contribution >= 4 is 27.7 Å². The van der Waals surface area contributed by atoms with Crippen molar-refractivity contribution < 1.29 is 10.0 Å². The van der Waals surface area contributed by atoms with Gasteiger partial charge in [-0.3, -0.25) is 4.79 Å². The quantitative estimate of drug-likeness (QED) is 0.338. The van der Waals surface area contributed by atoms with Crippen molar-refractivity contribution in [2.45, 2.75) is 44.6 Å². The Kier molecular flexibility index (Phi) is 4.88. The van der Waals surface area contributed by atoms with Gasteiger partial charge in [0.05, 0.1) is 0 Å². The smallest absolute Gasteiger partial charge is 0.252 e. The van der Waals surface area contributed by atoms with Crippen LogP contribution in [-0.4, -0.2) is 22.5 Å². The van der Waals surface area contributed by atoms with Gasteiger partial charge in [0.15, 0.2) is 5.84 Å². The van der Waals surface area contributed by atoms with Crippen molar-refractivity contribution in [3.05, 3.63) is 33.8 Å². The van der Waals surface area contributed by atoms with Gasteiger partial charge in [-0.2, -0.15) is 0 Å². The third-order valence-corrected chi connectivity index (χ3v) is 4.58. The van der Waals surface area contributed by atoms with Crippen LogP contribution < -0.4 is 11.1 Å². The zero-order valence-electron chi connectivity index (χ0n) is 12.0. The van der Waals surface area contributed by atoms with Crippen LogP contribution in [-0.2, 0) is 0 Å². The van der Waals surface area contributed by atoms with Gasteiger partial charge in [0.1, 0.15) is 5.54 Å². The maximum atomic E-state index is 12.6. The normalized spacial score (nSPS) is 18.3. The second-order valence-corrected chi connectivity index (χ2v) is 6.46. The second-order valence-electron chi connectivity index (χ2n) is 5.54. The monoisotopic (exact) mass is 353 g/mol. The molecule has 0 bridgehead atoms. The number of rotatable bonds is 3. The highest BCUT2D eigenvalue weighted by Crippen LogP contribution is 2.29. The summed E-state index contributed by atoms with van der Waals surface area (Å²) in [6.07, 6.45) is 4.41. The summed E-state index contributed by atoms with van der Waals surface area (Å²) in [5.74, 6) is -0.0983. The molecule has 0 heterocycles. The van der Waals surface area contributed by atoms with Gasteiger partial charge in [0.25, 0.3) is 5.91 Å². The molecule has 1 amide bonds. The van der Waals surface area contributed by atoms with Crippen LogP contribution in [0.5, 0.6) is 0 Å². The topological polar surface area (TPSA) is 87.7 Å². The Labute approximate surface area is 132 Å².